The Bertz CT molecular complexity index is 635. The van der Waals surface area contributed by atoms with Crippen molar-refractivity contribution in [3.05, 3.63) is 48.7 Å². The predicted octanol–water partition coefficient (Wildman–Crippen LogP) is 1.63. The Morgan fingerprint density at radius 2 is 2.43 bits per heavy atom. The van der Waals surface area contributed by atoms with E-state index in [1.165, 1.54) is 6.33 Å². The Balaban J connectivity index is 1.62. The Labute approximate surface area is 122 Å². The summed E-state index contributed by atoms with van der Waals surface area (Å²) in [6.07, 6.45) is 11.7. The van der Waals surface area contributed by atoms with Crippen molar-refractivity contribution < 1.29 is 4.79 Å². The number of carbonyl (C=O) groups is 1. The van der Waals surface area contributed by atoms with Crippen LogP contribution in [0.2, 0.25) is 0 Å². The third kappa shape index (κ3) is 3.34. The van der Waals surface area contributed by atoms with E-state index < -0.39 is 0 Å². The fourth-order valence-electron chi connectivity index (χ4n) is 2.46. The molecule has 1 atom stereocenters. The summed E-state index contributed by atoms with van der Waals surface area (Å²) in [7, 11) is 0. The third-order valence-corrected chi connectivity index (χ3v) is 3.54. The maximum Gasteiger partial charge on any atom is 0.220 e. The van der Waals surface area contributed by atoms with Crippen molar-refractivity contribution in [2.45, 2.75) is 25.8 Å². The van der Waals surface area contributed by atoms with E-state index in [-0.39, 0.29) is 5.91 Å². The fraction of sp³-hybridized carbons (Fsp3) is 0.333. The van der Waals surface area contributed by atoms with Gasteiger partial charge in [0, 0.05) is 24.7 Å². The highest BCUT2D eigenvalue weighted by Crippen LogP contribution is 2.20. The first-order valence-electron chi connectivity index (χ1n) is 7.05. The largest absolute Gasteiger partial charge is 0.352 e. The lowest BCUT2D eigenvalue weighted by Gasteiger charge is -2.11. The number of amides is 1. The summed E-state index contributed by atoms with van der Waals surface area (Å²) in [5.74, 6) is 1.14. The average molecular weight is 283 g/mol. The van der Waals surface area contributed by atoms with E-state index in [2.05, 4.69) is 32.5 Å². The summed E-state index contributed by atoms with van der Waals surface area (Å²) < 4.78 is 1.60. The topological polar surface area (TPSA) is 72.7 Å². The quantitative estimate of drug-likeness (QED) is 0.847. The van der Waals surface area contributed by atoms with Gasteiger partial charge in [-0.1, -0.05) is 18.2 Å². The molecule has 2 aromatic rings. The molecular formula is C15H17N5O. The van der Waals surface area contributed by atoms with Crippen LogP contribution in [-0.4, -0.2) is 25.7 Å². The standard InChI is InChI=1S/C15H17N5O/c21-14(8-12-4-1-2-5-12)18-9-13-6-3-7-17-15(13)20-11-16-10-19-20/h1,3-4,6-7,10-12H,2,5,8-9H2,(H,18,21). The summed E-state index contributed by atoms with van der Waals surface area (Å²) in [5.41, 5.74) is 0.915. The van der Waals surface area contributed by atoms with Gasteiger partial charge in [-0.25, -0.2) is 14.6 Å². The lowest BCUT2D eigenvalue weighted by Crippen LogP contribution is -2.25. The van der Waals surface area contributed by atoms with Crippen LogP contribution < -0.4 is 5.32 Å². The number of nitrogens with one attached hydrogen (secondary N) is 1. The predicted molar refractivity (Wildman–Crippen MR) is 77.5 cm³/mol. The molecule has 1 aliphatic rings. The Kier molecular flexibility index (Phi) is 4.04. The second-order valence-corrected chi connectivity index (χ2v) is 5.07. The third-order valence-electron chi connectivity index (χ3n) is 3.54. The Morgan fingerprint density at radius 1 is 1.48 bits per heavy atom. The zero-order valence-electron chi connectivity index (χ0n) is 11.6. The Hall–Kier alpha value is -2.50. The summed E-state index contributed by atoms with van der Waals surface area (Å²) in [4.78, 5) is 20.2. The smallest absolute Gasteiger partial charge is 0.220 e. The van der Waals surface area contributed by atoms with Crippen LogP contribution in [-0.2, 0) is 11.3 Å². The van der Waals surface area contributed by atoms with Crippen LogP contribution in [0.25, 0.3) is 5.82 Å². The summed E-state index contributed by atoms with van der Waals surface area (Å²) >= 11 is 0. The van der Waals surface area contributed by atoms with Gasteiger partial charge in [-0.3, -0.25) is 4.79 Å². The maximum absolute atomic E-state index is 12.0. The van der Waals surface area contributed by atoms with Crippen LogP contribution >= 0.6 is 0 Å². The zero-order valence-corrected chi connectivity index (χ0v) is 11.6. The van der Waals surface area contributed by atoms with Crippen molar-refractivity contribution in [2.75, 3.05) is 0 Å². The summed E-state index contributed by atoms with van der Waals surface area (Å²) in [5, 5.41) is 7.03. The van der Waals surface area contributed by atoms with Gasteiger partial charge in [0.15, 0.2) is 5.82 Å². The van der Waals surface area contributed by atoms with Crippen molar-refractivity contribution in [1.82, 2.24) is 25.1 Å². The van der Waals surface area contributed by atoms with Gasteiger partial charge in [-0.2, -0.15) is 5.10 Å². The number of nitrogens with zero attached hydrogens (tertiary/aromatic N) is 4. The molecule has 2 heterocycles. The maximum atomic E-state index is 12.0. The van der Waals surface area contributed by atoms with Crippen LogP contribution in [0.1, 0.15) is 24.8 Å². The molecular weight excluding hydrogens is 266 g/mol. The molecule has 2 aromatic heterocycles. The summed E-state index contributed by atoms with van der Waals surface area (Å²) in [6.45, 7) is 0.443. The van der Waals surface area contributed by atoms with Gasteiger partial charge in [-0.15, -0.1) is 0 Å². The fourth-order valence-corrected chi connectivity index (χ4v) is 2.46. The lowest BCUT2D eigenvalue weighted by molar-refractivity contribution is -0.121. The highest BCUT2D eigenvalue weighted by atomic mass is 16.1. The number of allylic oxidation sites excluding steroid dienone is 2. The van der Waals surface area contributed by atoms with E-state index in [1.807, 2.05) is 12.1 Å². The number of aromatic nitrogens is 4. The van der Waals surface area contributed by atoms with E-state index in [0.717, 1.165) is 18.4 Å². The average Bonchev–Trinajstić information content (AvgIpc) is 3.18. The molecule has 1 amide bonds. The van der Waals surface area contributed by atoms with E-state index in [9.17, 15) is 4.79 Å². The van der Waals surface area contributed by atoms with Crippen LogP contribution in [0.15, 0.2) is 43.1 Å². The minimum absolute atomic E-state index is 0.0694. The second kappa shape index (κ2) is 6.30. The molecule has 0 bridgehead atoms. The number of rotatable bonds is 5. The number of carbonyl (C=O) groups excluding carboxylic acids is 1. The van der Waals surface area contributed by atoms with Gasteiger partial charge in [-0.05, 0) is 24.8 Å². The highest BCUT2D eigenvalue weighted by molar-refractivity contribution is 5.76. The van der Waals surface area contributed by atoms with E-state index in [1.54, 1.807) is 17.2 Å². The number of hydrogen-bond donors (Lipinski definition) is 1. The van der Waals surface area contributed by atoms with Gasteiger partial charge in [0.05, 0.1) is 0 Å². The van der Waals surface area contributed by atoms with E-state index >= 15 is 0 Å². The normalized spacial score (nSPS) is 17.0. The molecule has 0 aromatic carbocycles. The van der Waals surface area contributed by atoms with Gasteiger partial charge in [0.2, 0.25) is 5.91 Å². The molecule has 0 saturated carbocycles. The first-order chi connectivity index (χ1) is 10.3. The number of hydrogen-bond acceptors (Lipinski definition) is 4. The minimum Gasteiger partial charge on any atom is -0.352 e. The molecule has 1 N–H and O–H groups in total. The van der Waals surface area contributed by atoms with E-state index in [0.29, 0.717) is 24.7 Å². The molecule has 0 spiro atoms. The highest BCUT2D eigenvalue weighted by Gasteiger charge is 2.14. The lowest BCUT2D eigenvalue weighted by atomic mass is 10.1. The molecule has 3 rings (SSSR count). The van der Waals surface area contributed by atoms with Crippen molar-refractivity contribution in [2.24, 2.45) is 5.92 Å². The molecule has 1 aliphatic carbocycles. The van der Waals surface area contributed by atoms with Gasteiger partial charge < -0.3 is 5.32 Å². The van der Waals surface area contributed by atoms with Crippen LogP contribution in [0.4, 0.5) is 0 Å². The van der Waals surface area contributed by atoms with Crippen molar-refractivity contribution >= 4 is 5.91 Å². The molecule has 0 radical (unpaired) electrons. The number of pyridine rings is 1. The molecule has 1 unspecified atom stereocenters. The van der Waals surface area contributed by atoms with Gasteiger partial charge in [0.1, 0.15) is 12.7 Å². The zero-order chi connectivity index (χ0) is 14.5. The van der Waals surface area contributed by atoms with Crippen LogP contribution in [0.3, 0.4) is 0 Å². The SMILES string of the molecule is O=C(CC1C=CCC1)NCc1cccnc1-n1cncn1. The molecule has 0 aliphatic heterocycles. The molecule has 0 saturated heterocycles. The van der Waals surface area contributed by atoms with Gasteiger partial charge in [0.25, 0.3) is 0 Å². The van der Waals surface area contributed by atoms with Gasteiger partial charge >= 0.3 is 0 Å². The summed E-state index contributed by atoms with van der Waals surface area (Å²) in [6, 6.07) is 3.78. The van der Waals surface area contributed by atoms with Crippen molar-refractivity contribution in [3.8, 4) is 5.82 Å². The first-order valence-corrected chi connectivity index (χ1v) is 7.05. The molecule has 108 valence electrons. The van der Waals surface area contributed by atoms with Crippen molar-refractivity contribution in [1.29, 1.82) is 0 Å². The second-order valence-electron chi connectivity index (χ2n) is 5.07. The molecule has 6 heteroatoms. The molecule has 6 nitrogen and oxygen atoms in total. The first kappa shape index (κ1) is 13.5. The van der Waals surface area contributed by atoms with Crippen LogP contribution in [0, 0.1) is 5.92 Å². The Morgan fingerprint density at radius 3 is 3.19 bits per heavy atom. The molecule has 0 fully saturated rings. The minimum atomic E-state index is 0.0694. The van der Waals surface area contributed by atoms with E-state index in [4.69, 9.17) is 0 Å². The monoisotopic (exact) mass is 283 g/mol. The van der Waals surface area contributed by atoms with Crippen LogP contribution in [0.5, 0.6) is 0 Å². The van der Waals surface area contributed by atoms with Crippen molar-refractivity contribution in [3.63, 3.8) is 0 Å². The molecule has 21 heavy (non-hydrogen) atoms.